The van der Waals surface area contributed by atoms with Gasteiger partial charge in [-0.05, 0) is 42.2 Å². The van der Waals surface area contributed by atoms with E-state index in [1.54, 1.807) is 14.2 Å². The van der Waals surface area contributed by atoms with Crippen LogP contribution in [0.1, 0.15) is 37.7 Å². The molecular weight excluding hydrogens is 380 g/mol. The summed E-state index contributed by atoms with van der Waals surface area (Å²) >= 11 is 0. The first-order valence-corrected chi connectivity index (χ1v) is 10.3. The average Bonchev–Trinajstić information content (AvgIpc) is 3.20. The molecule has 0 fully saturated rings. The summed E-state index contributed by atoms with van der Waals surface area (Å²) in [6.07, 6.45) is 1.61. The monoisotopic (exact) mass is 410 g/mol. The number of nitrogens with one attached hydrogen (secondary N) is 3. The van der Waals surface area contributed by atoms with Gasteiger partial charge in [0.2, 0.25) is 0 Å². The van der Waals surface area contributed by atoms with Crippen molar-refractivity contribution in [3.63, 3.8) is 0 Å². The number of ether oxygens (including phenoxy) is 2. The molecule has 0 radical (unpaired) electrons. The van der Waals surface area contributed by atoms with Crippen LogP contribution in [0.3, 0.4) is 0 Å². The van der Waals surface area contributed by atoms with Crippen molar-refractivity contribution in [1.82, 2.24) is 20.6 Å². The SMILES string of the molecule is CCC(C)C(NC(=O)NCCc1ccc(OC)c(OC)c1)c1nc2ccccc2[nH]1. The number of imidazole rings is 1. The Morgan fingerprint density at radius 1 is 1.13 bits per heavy atom. The molecule has 3 N–H and O–H groups in total. The van der Waals surface area contributed by atoms with Crippen molar-refractivity contribution in [2.24, 2.45) is 5.92 Å². The summed E-state index contributed by atoms with van der Waals surface area (Å²) in [5.74, 6) is 2.39. The molecule has 30 heavy (non-hydrogen) atoms. The Hall–Kier alpha value is -3.22. The van der Waals surface area contributed by atoms with E-state index in [2.05, 4.69) is 34.4 Å². The lowest BCUT2D eigenvalue weighted by molar-refractivity contribution is 0.230. The maximum absolute atomic E-state index is 12.6. The summed E-state index contributed by atoms with van der Waals surface area (Å²) in [5.41, 5.74) is 2.93. The van der Waals surface area contributed by atoms with Crippen LogP contribution in [-0.4, -0.2) is 36.8 Å². The molecule has 3 aromatic rings. The molecule has 1 heterocycles. The molecule has 3 rings (SSSR count). The van der Waals surface area contributed by atoms with Gasteiger partial charge < -0.3 is 25.1 Å². The van der Waals surface area contributed by atoms with E-state index >= 15 is 0 Å². The number of nitrogens with zero attached hydrogens (tertiary/aromatic N) is 1. The Morgan fingerprint density at radius 3 is 2.60 bits per heavy atom. The number of fused-ring (bicyclic) bond motifs is 1. The maximum Gasteiger partial charge on any atom is 0.315 e. The van der Waals surface area contributed by atoms with Gasteiger partial charge >= 0.3 is 6.03 Å². The minimum atomic E-state index is -0.207. The van der Waals surface area contributed by atoms with Crippen LogP contribution in [0.15, 0.2) is 42.5 Å². The Balaban J connectivity index is 1.61. The number of carbonyl (C=O) groups excluding carboxylic acids is 1. The van der Waals surface area contributed by atoms with Gasteiger partial charge in [-0.25, -0.2) is 9.78 Å². The fourth-order valence-electron chi connectivity index (χ4n) is 3.38. The van der Waals surface area contributed by atoms with E-state index in [9.17, 15) is 4.79 Å². The van der Waals surface area contributed by atoms with Crippen molar-refractivity contribution in [3.8, 4) is 11.5 Å². The van der Waals surface area contributed by atoms with Gasteiger partial charge in [-0.1, -0.05) is 38.5 Å². The van der Waals surface area contributed by atoms with Crippen molar-refractivity contribution >= 4 is 17.1 Å². The van der Waals surface area contributed by atoms with Crippen molar-refractivity contribution in [2.75, 3.05) is 20.8 Å². The molecule has 2 atom stereocenters. The van der Waals surface area contributed by atoms with Crippen LogP contribution in [0.2, 0.25) is 0 Å². The lowest BCUT2D eigenvalue weighted by atomic mass is 9.99. The Kier molecular flexibility index (Phi) is 7.17. The lowest BCUT2D eigenvalue weighted by Gasteiger charge is -2.22. The normalized spacial score (nSPS) is 12.9. The van der Waals surface area contributed by atoms with E-state index < -0.39 is 0 Å². The number of amides is 2. The predicted octanol–water partition coefficient (Wildman–Crippen LogP) is 4.21. The van der Waals surface area contributed by atoms with E-state index in [0.29, 0.717) is 24.5 Å². The number of urea groups is 1. The number of H-pyrrole nitrogens is 1. The number of rotatable bonds is 9. The lowest BCUT2D eigenvalue weighted by Crippen LogP contribution is -2.41. The van der Waals surface area contributed by atoms with Crippen LogP contribution in [-0.2, 0) is 6.42 Å². The Morgan fingerprint density at radius 2 is 1.90 bits per heavy atom. The molecule has 0 aliphatic carbocycles. The van der Waals surface area contributed by atoms with Crippen LogP contribution in [0.5, 0.6) is 11.5 Å². The zero-order chi connectivity index (χ0) is 21.5. The molecule has 7 heteroatoms. The first kappa shape index (κ1) is 21.5. The van der Waals surface area contributed by atoms with Crippen molar-refractivity contribution in [2.45, 2.75) is 32.7 Å². The second kappa shape index (κ2) is 10.0. The number of aromatic amines is 1. The molecule has 2 aromatic carbocycles. The van der Waals surface area contributed by atoms with Crippen LogP contribution in [0.25, 0.3) is 11.0 Å². The summed E-state index contributed by atoms with van der Waals surface area (Å²) < 4.78 is 10.6. The van der Waals surface area contributed by atoms with Crippen molar-refractivity contribution < 1.29 is 14.3 Å². The zero-order valence-electron chi connectivity index (χ0n) is 18.0. The van der Waals surface area contributed by atoms with Gasteiger partial charge in [-0.3, -0.25) is 0 Å². The largest absolute Gasteiger partial charge is 0.493 e. The summed E-state index contributed by atoms with van der Waals surface area (Å²) in [5, 5.41) is 6.03. The van der Waals surface area contributed by atoms with E-state index in [-0.39, 0.29) is 18.0 Å². The van der Waals surface area contributed by atoms with Gasteiger partial charge in [0.15, 0.2) is 11.5 Å². The number of hydrogen-bond acceptors (Lipinski definition) is 4. The third-order valence-corrected chi connectivity index (χ3v) is 5.35. The topological polar surface area (TPSA) is 88.3 Å². The van der Waals surface area contributed by atoms with Crippen LogP contribution < -0.4 is 20.1 Å². The summed E-state index contributed by atoms with van der Waals surface area (Å²) in [6, 6.07) is 13.2. The van der Waals surface area contributed by atoms with Gasteiger partial charge in [0.1, 0.15) is 5.82 Å². The third-order valence-electron chi connectivity index (χ3n) is 5.35. The minimum Gasteiger partial charge on any atom is -0.493 e. The molecule has 0 saturated heterocycles. The molecule has 0 aliphatic heterocycles. The number of aromatic nitrogens is 2. The molecule has 7 nitrogen and oxygen atoms in total. The zero-order valence-corrected chi connectivity index (χ0v) is 18.0. The molecule has 0 spiro atoms. The highest BCUT2D eigenvalue weighted by molar-refractivity contribution is 5.76. The molecule has 2 amide bonds. The van der Waals surface area contributed by atoms with Gasteiger partial charge in [0.05, 0.1) is 31.3 Å². The third kappa shape index (κ3) is 5.03. The first-order valence-electron chi connectivity index (χ1n) is 10.3. The molecule has 160 valence electrons. The first-order chi connectivity index (χ1) is 14.5. The second-order valence-corrected chi connectivity index (χ2v) is 7.34. The van der Waals surface area contributed by atoms with Gasteiger partial charge in [-0.2, -0.15) is 0 Å². The van der Waals surface area contributed by atoms with E-state index in [1.165, 1.54) is 0 Å². The molecular formula is C23H30N4O3. The van der Waals surface area contributed by atoms with Crippen LogP contribution >= 0.6 is 0 Å². The summed E-state index contributed by atoms with van der Waals surface area (Å²) in [6.45, 7) is 4.73. The molecule has 0 bridgehead atoms. The van der Waals surface area contributed by atoms with E-state index in [1.807, 2.05) is 42.5 Å². The van der Waals surface area contributed by atoms with Gasteiger partial charge in [0, 0.05) is 6.54 Å². The number of hydrogen-bond donors (Lipinski definition) is 3. The van der Waals surface area contributed by atoms with E-state index in [0.717, 1.165) is 28.8 Å². The fourth-order valence-corrected chi connectivity index (χ4v) is 3.38. The number of para-hydroxylation sites is 2. The highest BCUT2D eigenvalue weighted by atomic mass is 16.5. The highest BCUT2D eigenvalue weighted by Crippen LogP contribution is 2.27. The number of benzene rings is 2. The van der Waals surface area contributed by atoms with Crippen molar-refractivity contribution in [3.05, 3.63) is 53.9 Å². The molecule has 2 unspecified atom stereocenters. The second-order valence-electron chi connectivity index (χ2n) is 7.34. The molecule has 0 saturated carbocycles. The Labute approximate surface area is 177 Å². The maximum atomic E-state index is 12.6. The number of carbonyl (C=O) groups is 1. The van der Waals surface area contributed by atoms with Crippen LogP contribution in [0, 0.1) is 5.92 Å². The smallest absolute Gasteiger partial charge is 0.315 e. The fraction of sp³-hybridized carbons (Fsp3) is 0.391. The molecule has 0 aliphatic rings. The highest BCUT2D eigenvalue weighted by Gasteiger charge is 2.23. The summed E-state index contributed by atoms with van der Waals surface area (Å²) in [7, 11) is 3.22. The van der Waals surface area contributed by atoms with Gasteiger partial charge in [0.25, 0.3) is 0 Å². The standard InChI is InChI=1S/C23H30N4O3/c1-5-15(2)21(22-25-17-8-6-7-9-18(17)26-22)27-23(28)24-13-12-16-10-11-19(29-3)20(14-16)30-4/h6-11,14-15,21H,5,12-13H2,1-4H3,(H,25,26)(H2,24,27,28). The minimum absolute atomic E-state index is 0.191. The van der Waals surface area contributed by atoms with Gasteiger partial charge in [-0.15, -0.1) is 0 Å². The number of methoxy groups -OCH3 is 2. The Bertz CT molecular complexity index is 952. The average molecular weight is 411 g/mol. The molecule has 1 aromatic heterocycles. The van der Waals surface area contributed by atoms with Crippen molar-refractivity contribution in [1.29, 1.82) is 0 Å². The predicted molar refractivity (Wildman–Crippen MR) is 118 cm³/mol. The van der Waals surface area contributed by atoms with Crippen LogP contribution in [0.4, 0.5) is 4.79 Å². The quantitative estimate of drug-likeness (QED) is 0.493. The van der Waals surface area contributed by atoms with E-state index in [4.69, 9.17) is 9.47 Å². The summed E-state index contributed by atoms with van der Waals surface area (Å²) in [4.78, 5) is 20.6.